The van der Waals surface area contributed by atoms with Crippen molar-refractivity contribution in [2.45, 2.75) is 45.1 Å². The maximum absolute atomic E-state index is 5.60. The summed E-state index contributed by atoms with van der Waals surface area (Å²) in [7, 11) is 0. The van der Waals surface area contributed by atoms with Gasteiger partial charge in [-0.25, -0.2) is 0 Å². The Hall–Kier alpha value is -0.190. The first kappa shape index (κ1) is 14.9. The summed E-state index contributed by atoms with van der Waals surface area (Å²) in [6.07, 6.45) is 6.10. The van der Waals surface area contributed by atoms with E-state index >= 15 is 0 Å². The van der Waals surface area contributed by atoms with Crippen LogP contribution >= 0.6 is 23.6 Å². The topological polar surface area (TPSA) is 36.9 Å². The van der Waals surface area contributed by atoms with Gasteiger partial charge in [-0.3, -0.25) is 4.84 Å². The highest BCUT2D eigenvalue weighted by Crippen LogP contribution is 2.15. The third-order valence-corrected chi connectivity index (χ3v) is 3.38. The van der Waals surface area contributed by atoms with Crippen molar-refractivity contribution in [3.8, 4) is 0 Å². The van der Waals surface area contributed by atoms with Crippen LogP contribution in [0.1, 0.15) is 39.0 Å². The molecule has 1 aliphatic rings. The summed E-state index contributed by atoms with van der Waals surface area (Å²) in [5.74, 6) is 0.525. The Kier molecular flexibility index (Phi) is 7.73. The lowest BCUT2D eigenvalue weighted by atomic mass is 10.1. The van der Waals surface area contributed by atoms with E-state index in [9.17, 15) is 0 Å². The van der Waals surface area contributed by atoms with Gasteiger partial charge < -0.3 is 9.64 Å². The summed E-state index contributed by atoms with van der Waals surface area (Å²) in [5.41, 5.74) is 0. The molecule has 0 amide bonds. The fraction of sp³-hybridized carbons (Fsp3) is 0.909. The molecular formula is C11H21Cl2N3O. The molecule has 0 aromatic carbocycles. The number of hydrogen-bond acceptors (Lipinski definition) is 2. The maximum atomic E-state index is 5.60. The molecule has 0 spiro atoms. The summed E-state index contributed by atoms with van der Waals surface area (Å²) < 4.78 is 9.14. The Bertz CT molecular complexity index is 239. The van der Waals surface area contributed by atoms with E-state index in [4.69, 9.17) is 28.3 Å². The van der Waals surface area contributed by atoms with Crippen LogP contribution in [0, 0.1) is 0 Å². The molecule has 0 radical (unpaired) electrons. The molecule has 1 atom stereocenters. The molecule has 0 bridgehead atoms. The van der Waals surface area contributed by atoms with E-state index in [1.54, 1.807) is 0 Å². The number of hydrogen-bond donors (Lipinski definition) is 1. The second-order valence-corrected chi connectivity index (χ2v) is 4.63. The molecular weight excluding hydrogens is 261 g/mol. The van der Waals surface area contributed by atoms with Gasteiger partial charge in [-0.2, -0.15) is 0 Å². The highest BCUT2D eigenvalue weighted by molar-refractivity contribution is 6.26. The zero-order chi connectivity index (χ0) is 12.5. The molecule has 1 unspecified atom stereocenters. The van der Waals surface area contributed by atoms with Crippen LogP contribution in [0.4, 0.5) is 0 Å². The van der Waals surface area contributed by atoms with Gasteiger partial charge in [-0.15, -0.1) is 4.51 Å². The third kappa shape index (κ3) is 4.90. The van der Waals surface area contributed by atoms with Crippen molar-refractivity contribution in [1.29, 1.82) is 0 Å². The van der Waals surface area contributed by atoms with Crippen LogP contribution in [0.3, 0.4) is 0 Å². The van der Waals surface area contributed by atoms with Gasteiger partial charge in [0.1, 0.15) is 0 Å². The summed E-state index contributed by atoms with van der Waals surface area (Å²) in [6.45, 7) is 4.41. The monoisotopic (exact) mass is 281 g/mol. The van der Waals surface area contributed by atoms with E-state index in [-0.39, 0.29) is 0 Å². The molecule has 0 saturated carbocycles. The first-order valence-electron chi connectivity index (χ1n) is 6.23. The SMILES string of the molecule is CCCCCCC1COCCN1C(=NCl)NCl. The first-order valence-corrected chi connectivity index (χ1v) is 6.95. The lowest BCUT2D eigenvalue weighted by Gasteiger charge is -2.36. The molecule has 0 aromatic rings. The van der Waals surface area contributed by atoms with E-state index in [0.717, 1.165) is 19.6 Å². The molecule has 1 rings (SSSR count). The van der Waals surface area contributed by atoms with Crippen LogP contribution in [0.2, 0.25) is 0 Å². The maximum Gasteiger partial charge on any atom is 0.226 e. The van der Waals surface area contributed by atoms with Crippen molar-refractivity contribution < 1.29 is 4.74 Å². The number of unbranched alkanes of at least 4 members (excludes halogenated alkanes) is 3. The van der Waals surface area contributed by atoms with Gasteiger partial charge in [-0.1, -0.05) is 32.6 Å². The van der Waals surface area contributed by atoms with Gasteiger partial charge in [-0.05, 0) is 6.42 Å². The predicted octanol–water partition coefficient (Wildman–Crippen LogP) is 2.91. The Morgan fingerprint density at radius 3 is 2.94 bits per heavy atom. The first-order chi connectivity index (χ1) is 8.33. The molecule has 6 heteroatoms. The average molecular weight is 282 g/mol. The van der Waals surface area contributed by atoms with E-state index in [0.29, 0.717) is 18.6 Å². The highest BCUT2D eigenvalue weighted by Gasteiger charge is 2.25. The summed E-state index contributed by atoms with van der Waals surface area (Å²) in [5, 5.41) is 0. The molecule has 1 saturated heterocycles. The number of halogens is 2. The number of nitrogens with one attached hydrogen (secondary N) is 1. The van der Waals surface area contributed by atoms with Crippen LogP contribution in [0.25, 0.3) is 0 Å². The number of ether oxygens (including phenoxy) is 1. The van der Waals surface area contributed by atoms with Gasteiger partial charge in [0.25, 0.3) is 0 Å². The van der Waals surface area contributed by atoms with Crippen LogP contribution in [-0.4, -0.2) is 36.7 Å². The minimum Gasteiger partial charge on any atom is -0.377 e. The molecule has 17 heavy (non-hydrogen) atoms. The minimum atomic E-state index is 0.323. The van der Waals surface area contributed by atoms with Crippen LogP contribution in [0.5, 0.6) is 0 Å². The molecule has 0 aliphatic carbocycles. The molecule has 100 valence electrons. The van der Waals surface area contributed by atoms with Crippen LogP contribution in [-0.2, 0) is 4.74 Å². The van der Waals surface area contributed by atoms with Crippen molar-refractivity contribution in [2.24, 2.45) is 4.51 Å². The van der Waals surface area contributed by atoms with Crippen LogP contribution in [0.15, 0.2) is 4.51 Å². The van der Waals surface area contributed by atoms with Crippen molar-refractivity contribution in [3.05, 3.63) is 0 Å². The zero-order valence-electron chi connectivity index (χ0n) is 10.3. The second kappa shape index (κ2) is 8.84. The summed E-state index contributed by atoms with van der Waals surface area (Å²) >= 11 is 11.1. The molecule has 1 aliphatic heterocycles. The minimum absolute atomic E-state index is 0.323. The normalized spacial score (nSPS) is 21.7. The van der Waals surface area contributed by atoms with Gasteiger partial charge in [0.2, 0.25) is 5.96 Å². The fourth-order valence-electron chi connectivity index (χ4n) is 2.10. The number of guanidine groups is 1. The summed E-state index contributed by atoms with van der Waals surface area (Å²) in [4.78, 5) is 4.61. The van der Waals surface area contributed by atoms with E-state index in [1.165, 1.54) is 25.7 Å². The second-order valence-electron chi connectivity index (χ2n) is 4.27. The predicted molar refractivity (Wildman–Crippen MR) is 72.3 cm³/mol. The Labute approximate surface area is 114 Å². The van der Waals surface area contributed by atoms with Crippen molar-refractivity contribution in [1.82, 2.24) is 9.74 Å². The third-order valence-electron chi connectivity index (χ3n) is 3.06. The molecule has 1 N–H and O–H groups in total. The van der Waals surface area contributed by atoms with Gasteiger partial charge in [0.15, 0.2) is 0 Å². The largest absolute Gasteiger partial charge is 0.377 e. The lowest BCUT2D eigenvalue weighted by molar-refractivity contribution is 0.0216. The smallest absolute Gasteiger partial charge is 0.226 e. The zero-order valence-corrected chi connectivity index (χ0v) is 11.8. The van der Waals surface area contributed by atoms with Crippen molar-refractivity contribution >= 4 is 29.5 Å². The average Bonchev–Trinajstić information content (AvgIpc) is 2.38. The standard InChI is InChI=1S/C11H21Cl2N3O/c1-2-3-4-5-6-10-9-17-8-7-16(10)11(14-12)15-13/h10H,2-9H2,1H3,(H,14,15). The van der Waals surface area contributed by atoms with Crippen LogP contribution < -0.4 is 4.84 Å². The van der Waals surface area contributed by atoms with Gasteiger partial charge >= 0.3 is 0 Å². The van der Waals surface area contributed by atoms with E-state index in [1.807, 2.05) is 0 Å². The highest BCUT2D eigenvalue weighted by atomic mass is 35.5. The Morgan fingerprint density at radius 1 is 1.47 bits per heavy atom. The number of morpholine rings is 1. The molecule has 1 heterocycles. The molecule has 4 nitrogen and oxygen atoms in total. The van der Waals surface area contributed by atoms with Crippen molar-refractivity contribution in [3.63, 3.8) is 0 Å². The number of rotatable bonds is 5. The Balaban J connectivity index is 2.42. The quantitative estimate of drug-likeness (QED) is 0.364. The summed E-state index contributed by atoms with van der Waals surface area (Å²) in [6, 6.07) is 0.323. The van der Waals surface area contributed by atoms with Gasteiger partial charge in [0, 0.05) is 30.1 Å². The Morgan fingerprint density at radius 2 is 2.29 bits per heavy atom. The number of nitrogens with zero attached hydrogens (tertiary/aromatic N) is 2. The molecule has 0 aromatic heterocycles. The molecule has 1 fully saturated rings. The van der Waals surface area contributed by atoms with Gasteiger partial charge in [0.05, 0.1) is 19.3 Å². The van der Waals surface area contributed by atoms with E-state index in [2.05, 4.69) is 21.2 Å². The lowest BCUT2D eigenvalue weighted by Crippen LogP contribution is -2.51. The van der Waals surface area contributed by atoms with E-state index < -0.39 is 0 Å². The fourth-order valence-corrected chi connectivity index (χ4v) is 2.43. The van der Waals surface area contributed by atoms with Crippen molar-refractivity contribution in [2.75, 3.05) is 19.8 Å².